The molecular weight excluding hydrogens is 362 g/mol. The highest BCUT2D eigenvalue weighted by Gasteiger charge is 2.22. The number of halogens is 1. The minimum absolute atomic E-state index is 0.276. The van der Waals surface area contributed by atoms with Gasteiger partial charge in [0.2, 0.25) is 0 Å². The number of nitrogens with zero attached hydrogens (tertiary/aromatic N) is 3. The summed E-state index contributed by atoms with van der Waals surface area (Å²) in [5.41, 5.74) is -0.227. The first-order chi connectivity index (χ1) is 9.88. The molecule has 9 heteroatoms. The van der Waals surface area contributed by atoms with E-state index in [1.807, 2.05) is 12.1 Å². The molecule has 0 fully saturated rings. The molecule has 21 heavy (non-hydrogen) atoms. The Hall–Kier alpha value is -2.00. The Morgan fingerprint density at radius 2 is 1.90 bits per heavy atom. The standard InChI is InChI=1S/C12H10BrN3O4S/c1-14(7-9-3-5-12(13)21-9)10-4-2-8(15(17)18)6-11(10)16(19)20/h2-6H,7H2,1H3. The van der Waals surface area contributed by atoms with Gasteiger partial charge in [-0.05, 0) is 34.1 Å². The van der Waals surface area contributed by atoms with E-state index >= 15 is 0 Å². The maximum atomic E-state index is 11.1. The SMILES string of the molecule is CN(Cc1ccc(Br)s1)c1ccc([N+](=O)[O-])cc1[N+](=O)[O-]. The summed E-state index contributed by atoms with van der Waals surface area (Å²) in [4.78, 5) is 23.3. The maximum Gasteiger partial charge on any atom is 0.299 e. The number of non-ortho nitro benzene ring substituents is 1. The zero-order valence-electron chi connectivity index (χ0n) is 10.9. The van der Waals surface area contributed by atoms with Gasteiger partial charge in [0.05, 0.1) is 26.2 Å². The van der Waals surface area contributed by atoms with E-state index < -0.39 is 9.85 Å². The van der Waals surface area contributed by atoms with Crippen molar-refractivity contribution in [1.82, 2.24) is 0 Å². The topological polar surface area (TPSA) is 89.5 Å². The molecule has 0 aliphatic carbocycles. The third-order valence-corrected chi connectivity index (χ3v) is 4.41. The highest BCUT2D eigenvalue weighted by molar-refractivity contribution is 9.11. The lowest BCUT2D eigenvalue weighted by Crippen LogP contribution is -2.17. The summed E-state index contributed by atoms with van der Waals surface area (Å²) in [5.74, 6) is 0. The summed E-state index contributed by atoms with van der Waals surface area (Å²) in [6.45, 7) is 0.481. The molecule has 7 nitrogen and oxygen atoms in total. The fourth-order valence-electron chi connectivity index (χ4n) is 1.85. The largest absolute Gasteiger partial charge is 0.364 e. The smallest absolute Gasteiger partial charge is 0.299 e. The molecule has 0 spiro atoms. The molecule has 0 saturated heterocycles. The molecule has 0 aliphatic rings. The second-order valence-electron chi connectivity index (χ2n) is 4.25. The van der Waals surface area contributed by atoms with Crippen LogP contribution in [0.1, 0.15) is 4.88 Å². The van der Waals surface area contributed by atoms with Crippen molar-refractivity contribution in [3.63, 3.8) is 0 Å². The number of hydrogen-bond acceptors (Lipinski definition) is 6. The fourth-order valence-corrected chi connectivity index (χ4v) is 3.39. The zero-order chi connectivity index (χ0) is 15.6. The summed E-state index contributed by atoms with van der Waals surface area (Å²) >= 11 is 4.89. The van der Waals surface area contributed by atoms with Crippen LogP contribution in [0.5, 0.6) is 0 Å². The van der Waals surface area contributed by atoms with E-state index in [1.54, 1.807) is 11.9 Å². The van der Waals surface area contributed by atoms with E-state index in [0.717, 1.165) is 14.7 Å². The molecule has 110 valence electrons. The molecule has 0 radical (unpaired) electrons. The number of rotatable bonds is 5. The number of nitro groups is 2. The molecule has 0 amide bonds. The van der Waals surface area contributed by atoms with Gasteiger partial charge in [-0.15, -0.1) is 11.3 Å². The van der Waals surface area contributed by atoms with Crippen LogP contribution < -0.4 is 4.90 Å². The predicted molar refractivity (Wildman–Crippen MR) is 83.9 cm³/mol. The fraction of sp³-hybridized carbons (Fsp3) is 0.167. The summed E-state index contributed by atoms with van der Waals surface area (Å²) in [5, 5.41) is 21.8. The number of anilines is 1. The van der Waals surface area contributed by atoms with Crippen LogP contribution in [-0.4, -0.2) is 16.9 Å². The first kappa shape index (κ1) is 15.4. The van der Waals surface area contributed by atoms with Gasteiger partial charge in [-0.1, -0.05) is 0 Å². The molecular formula is C12H10BrN3O4S. The number of thiophene rings is 1. The van der Waals surface area contributed by atoms with Gasteiger partial charge in [0.15, 0.2) is 0 Å². The van der Waals surface area contributed by atoms with Crippen molar-refractivity contribution in [2.24, 2.45) is 0 Å². The quantitative estimate of drug-likeness (QED) is 0.585. The Kier molecular flexibility index (Phi) is 4.53. The van der Waals surface area contributed by atoms with Crippen molar-refractivity contribution in [2.45, 2.75) is 6.54 Å². The Morgan fingerprint density at radius 3 is 2.43 bits per heavy atom. The number of hydrogen-bond donors (Lipinski definition) is 0. The molecule has 0 saturated carbocycles. The van der Waals surface area contributed by atoms with Gasteiger partial charge in [-0.25, -0.2) is 0 Å². The van der Waals surface area contributed by atoms with Gasteiger partial charge in [0.25, 0.3) is 11.4 Å². The third-order valence-electron chi connectivity index (χ3n) is 2.80. The first-order valence-electron chi connectivity index (χ1n) is 5.76. The van der Waals surface area contributed by atoms with Crippen LogP contribution >= 0.6 is 27.3 Å². The van der Waals surface area contributed by atoms with E-state index in [0.29, 0.717) is 12.2 Å². The molecule has 1 aromatic heterocycles. The van der Waals surface area contributed by atoms with E-state index in [1.165, 1.54) is 23.5 Å². The highest BCUT2D eigenvalue weighted by atomic mass is 79.9. The monoisotopic (exact) mass is 371 g/mol. The Balaban J connectivity index is 2.33. The Labute approximate surface area is 132 Å². The molecule has 2 aromatic rings. The average Bonchev–Trinajstić information content (AvgIpc) is 2.83. The summed E-state index contributed by atoms with van der Waals surface area (Å²) in [7, 11) is 1.71. The summed E-state index contributed by atoms with van der Waals surface area (Å²) in [6, 6.07) is 7.47. The molecule has 0 atom stereocenters. The molecule has 0 bridgehead atoms. The van der Waals surface area contributed by atoms with E-state index in [9.17, 15) is 20.2 Å². The van der Waals surface area contributed by atoms with Gasteiger partial charge in [0.1, 0.15) is 5.69 Å². The van der Waals surface area contributed by atoms with Gasteiger partial charge < -0.3 is 4.90 Å². The van der Waals surface area contributed by atoms with Crippen LogP contribution in [0.2, 0.25) is 0 Å². The van der Waals surface area contributed by atoms with Crippen molar-refractivity contribution in [3.8, 4) is 0 Å². The minimum atomic E-state index is -0.646. The van der Waals surface area contributed by atoms with Crippen LogP contribution in [0.25, 0.3) is 0 Å². The van der Waals surface area contributed by atoms with E-state index in [-0.39, 0.29) is 11.4 Å². The van der Waals surface area contributed by atoms with Crippen LogP contribution in [0, 0.1) is 20.2 Å². The average molecular weight is 372 g/mol. The lowest BCUT2D eigenvalue weighted by molar-refractivity contribution is -0.393. The van der Waals surface area contributed by atoms with Crippen LogP contribution in [0.15, 0.2) is 34.1 Å². The highest BCUT2D eigenvalue weighted by Crippen LogP contribution is 2.33. The van der Waals surface area contributed by atoms with Crippen LogP contribution in [0.4, 0.5) is 17.1 Å². The molecule has 0 unspecified atom stereocenters. The van der Waals surface area contributed by atoms with Crippen molar-refractivity contribution >= 4 is 44.3 Å². The van der Waals surface area contributed by atoms with Crippen molar-refractivity contribution in [2.75, 3.05) is 11.9 Å². The lowest BCUT2D eigenvalue weighted by atomic mass is 10.2. The van der Waals surface area contributed by atoms with Gasteiger partial charge in [-0.3, -0.25) is 20.2 Å². The molecule has 1 heterocycles. The van der Waals surface area contributed by atoms with Crippen LogP contribution in [-0.2, 0) is 6.54 Å². The van der Waals surface area contributed by atoms with E-state index in [2.05, 4.69) is 15.9 Å². The van der Waals surface area contributed by atoms with Gasteiger partial charge >= 0.3 is 0 Å². The molecule has 1 aromatic carbocycles. The van der Waals surface area contributed by atoms with Crippen molar-refractivity contribution in [1.29, 1.82) is 0 Å². The van der Waals surface area contributed by atoms with Gasteiger partial charge in [-0.2, -0.15) is 0 Å². The summed E-state index contributed by atoms with van der Waals surface area (Å²) in [6.07, 6.45) is 0. The van der Waals surface area contributed by atoms with Crippen LogP contribution in [0.3, 0.4) is 0 Å². The second kappa shape index (κ2) is 6.19. The van der Waals surface area contributed by atoms with Crippen molar-refractivity contribution in [3.05, 3.63) is 59.2 Å². The second-order valence-corrected chi connectivity index (χ2v) is 6.80. The minimum Gasteiger partial charge on any atom is -0.364 e. The number of nitro benzene ring substituents is 2. The Morgan fingerprint density at radius 1 is 1.19 bits per heavy atom. The van der Waals surface area contributed by atoms with E-state index in [4.69, 9.17) is 0 Å². The first-order valence-corrected chi connectivity index (χ1v) is 7.37. The molecule has 2 rings (SSSR count). The zero-order valence-corrected chi connectivity index (χ0v) is 13.3. The normalized spacial score (nSPS) is 10.4. The van der Waals surface area contributed by atoms with Crippen molar-refractivity contribution < 1.29 is 9.85 Å². The third kappa shape index (κ3) is 3.56. The van der Waals surface area contributed by atoms with Gasteiger partial charge in [0, 0.05) is 18.0 Å². The Bertz CT molecular complexity index is 704. The molecule has 0 N–H and O–H groups in total. The molecule has 0 aliphatic heterocycles. The maximum absolute atomic E-state index is 11.1. The number of benzene rings is 1. The predicted octanol–water partition coefficient (Wildman–Crippen LogP) is 3.96. The summed E-state index contributed by atoms with van der Waals surface area (Å²) < 4.78 is 0.976. The lowest BCUT2D eigenvalue weighted by Gasteiger charge is -2.18.